The third-order valence-electron chi connectivity index (χ3n) is 20.3. The molecule has 0 radical (unpaired) electrons. The van der Waals surface area contributed by atoms with Gasteiger partial charge in [-0.05, 0) is 149 Å². The minimum atomic E-state index is -3.23. The number of hydrogen-bond acceptors (Lipinski definition) is 2. The van der Waals surface area contributed by atoms with Crippen LogP contribution in [0.4, 0.5) is 34.1 Å². The molecule has 2 nitrogen and oxygen atoms in total. The molecule has 420 valence electrons. The zero-order chi connectivity index (χ0) is 59.4. The van der Waals surface area contributed by atoms with E-state index in [1.54, 1.807) is 0 Å². The minimum absolute atomic E-state index is 0.0771. The standard InChI is InChI=1S/C84H59BN2Si3/c1-8-30-62(31-9-1)88(63-32-10-2-11-33-63,64-34-12-3-13-35-64)69-58-78-84-79(59-69)87(61-53-55-73-71-45-23-29-51-81(71)90(83(73)57-61,67-40-18-6-19-41-67)68-42-20-7-21-43-68)77-49-27-25-47-75(77)85(84)74-46-24-26-48-76(74)86(78)60-52-54-72-70-44-22-28-50-80(70)89(82(72)56-60,65-36-14-4-15-37-65)66-38-16-5-17-39-66/h1-59H. The van der Waals surface area contributed by atoms with Gasteiger partial charge < -0.3 is 9.80 Å². The first-order valence-corrected chi connectivity index (χ1v) is 37.5. The first-order chi connectivity index (χ1) is 44.7. The first-order valence-electron chi connectivity index (χ1n) is 31.5. The maximum atomic E-state index is 2.68. The molecule has 14 aromatic carbocycles. The molecule has 0 saturated heterocycles. The maximum Gasteiger partial charge on any atom is 0.252 e. The predicted octanol–water partition coefficient (Wildman–Crippen LogP) is 9.86. The third kappa shape index (κ3) is 7.38. The summed E-state index contributed by atoms with van der Waals surface area (Å²) < 4.78 is 0. The zero-order valence-electron chi connectivity index (χ0n) is 49.5. The summed E-state index contributed by atoms with van der Waals surface area (Å²) in [6.07, 6.45) is 0. The number of para-hydroxylation sites is 2. The highest BCUT2D eigenvalue weighted by Crippen LogP contribution is 2.45. The van der Waals surface area contributed by atoms with E-state index in [1.807, 2.05) is 0 Å². The Kier molecular flexibility index (Phi) is 12.1. The Labute approximate surface area is 530 Å². The summed E-state index contributed by atoms with van der Waals surface area (Å²) in [6.45, 7) is -0.0771. The number of benzene rings is 14. The molecule has 14 aromatic rings. The molecule has 0 amide bonds. The van der Waals surface area contributed by atoms with Crippen LogP contribution in [0.5, 0.6) is 0 Å². The highest BCUT2D eigenvalue weighted by Gasteiger charge is 2.53. The third-order valence-corrected chi connectivity index (χ3v) is 34.8. The van der Waals surface area contributed by atoms with Crippen molar-refractivity contribution in [1.82, 2.24) is 0 Å². The molecule has 0 atom stereocenters. The molecule has 6 heteroatoms. The quantitative estimate of drug-likeness (QED) is 0.0995. The highest BCUT2D eigenvalue weighted by atomic mass is 28.3. The molecule has 90 heavy (non-hydrogen) atoms. The normalized spacial score (nSPS) is 14.1. The SMILES string of the molecule is c1ccc([Si](c2ccccc2)(c2ccccc2)c2cc3c4c(c2)N(c2ccc5c(c2)[Si](c2ccccc2)(c2ccccc2)c2ccccc2-5)c2ccccc2B4c2ccccc2N3c2ccc3c(c2)[Si](c2ccccc2)(c2ccccc2)c2ccccc2-3)cc1. The van der Waals surface area contributed by atoms with Gasteiger partial charge in [-0.2, -0.15) is 0 Å². The van der Waals surface area contributed by atoms with Gasteiger partial charge in [-0.15, -0.1) is 0 Å². The summed E-state index contributed by atoms with van der Waals surface area (Å²) in [5, 5.41) is 16.6. The van der Waals surface area contributed by atoms with Crippen molar-refractivity contribution in [3.05, 3.63) is 358 Å². The van der Waals surface area contributed by atoms with E-state index in [0.717, 1.165) is 11.4 Å². The fraction of sp³-hybridized carbons (Fsp3) is 0. The van der Waals surface area contributed by atoms with Crippen LogP contribution in [0.1, 0.15) is 0 Å². The second kappa shape index (κ2) is 20.8. The number of hydrogen-bond donors (Lipinski definition) is 0. The Morgan fingerprint density at radius 1 is 0.233 bits per heavy atom. The molecule has 4 aliphatic rings. The first kappa shape index (κ1) is 52.5. The van der Waals surface area contributed by atoms with E-state index in [0.29, 0.717) is 0 Å². The van der Waals surface area contributed by atoms with Gasteiger partial charge in [-0.25, -0.2) is 0 Å². The molecule has 0 bridgehead atoms. The molecule has 0 fully saturated rings. The largest absolute Gasteiger partial charge is 0.311 e. The molecule has 4 aliphatic heterocycles. The predicted molar refractivity (Wildman–Crippen MR) is 389 cm³/mol. The van der Waals surface area contributed by atoms with E-state index in [-0.39, 0.29) is 6.71 Å². The summed E-state index contributed by atoms with van der Waals surface area (Å²) in [6, 6.07) is 138. The monoisotopic (exact) mass is 1190 g/mol. The van der Waals surface area contributed by atoms with E-state index < -0.39 is 24.2 Å². The number of anilines is 6. The van der Waals surface area contributed by atoms with E-state index in [2.05, 4.69) is 368 Å². The Hall–Kier alpha value is -10.6. The molecular formula is C84H59BN2Si3. The lowest BCUT2D eigenvalue weighted by atomic mass is 9.33. The second-order valence-corrected chi connectivity index (χ2v) is 35.8. The van der Waals surface area contributed by atoms with Crippen LogP contribution in [0, 0.1) is 0 Å². The van der Waals surface area contributed by atoms with Crippen molar-refractivity contribution in [3.63, 3.8) is 0 Å². The van der Waals surface area contributed by atoms with Gasteiger partial charge >= 0.3 is 0 Å². The van der Waals surface area contributed by atoms with Crippen LogP contribution < -0.4 is 88.4 Å². The molecule has 0 spiro atoms. The van der Waals surface area contributed by atoms with Crippen molar-refractivity contribution in [1.29, 1.82) is 0 Å². The van der Waals surface area contributed by atoms with Gasteiger partial charge in [0.25, 0.3) is 6.71 Å². The van der Waals surface area contributed by atoms with Gasteiger partial charge in [-0.1, -0.05) is 309 Å². The summed E-state index contributed by atoms with van der Waals surface area (Å²) in [5.74, 6) is 0. The Morgan fingerprint density at radius 2 is 0.533 bits per heavy atom. The smallest absolute Gasteiger partial charge is 0.252 e. The Morgan fingerprint density at radius 3 is 0.900 bits per heavy atom. The van der Waals surface area contributed by atoms with Crippen molar-refractivity contribution < 1.29 is 0 Å². The van der Waals surface area contributed by atoms with Gasteiger partial charge in [0, 0.05) is 34.1 Å². The van der Waals surface area contributed by atoms with Gasteiger partial charge in [0.2, 0.25) is 0 Å². The van der Waals surface area contributed by atoms with Crippen LogP contribution >= 0.6 is 0 Å². The van der Waals surface area contributed by atoms with Crippen molar-refractivity contribution in [3.8, 4) is 22.3 Å². The molecule has 0 aliphatic carbocycles. The fourth-order valence-corrected chi connectivity index (χ4v) is 32.1. The Bertz CT molecular complexity index is 4660. The maximum absolute atomic E-state index is 3.23. The molecule has 18 rings (SSSR count). The van der Waals surface area contributed by atoms with Crippen molar-refractivity contribution >= 4 is 144 Å². The summed E-state index contributed by atoms with van der Waals surface area (Å²) in [4.78, 5) is 5.36. The average Bonchev–Trinajstić information content (AvgIpc) is 1.20. The lowest BCUT2D eigenvalue weighted by Gasteiger charge is -2.46. The van der Waals surface area contributed by atoms with Crippen LogP contribution in [0.3, 0.4) is 0 Å². The van der Waals surface area contributed by atoms with Crippen molar-refractivity contribution in [2.24, 2.45) is 0 Å². The fourth-order valence-electron chi connectivity index (χ4n) is 16.9. The summed E-state index contributed by atoms with van der Waals surface area (Å²) in [7, 11) is -9.07. The molecule has 0 saturated carbocycles. The lowest BCUT2D eigenvalue weighted by Crippen LogP contribution is -2.75. The molecule has 0 unspecified atom stereocenters. The van der Waals surface area contributed by atoms with Crippen LogP contribution in [0.15, 0.2) is 358 Å². The van der Waals surface area contributed by atoms with Crippen LogP contribution in [0.2, 0.25) is 0 Å². The second-order valence-electron chi connectivity index (χ2n) is 24.5. The summed E-state index contributed by atoms with van der Waals surface area (Å²) in [5.41, 5.74) is 16.3. The zero-order valence-corrected chi connectivity index (χ0v) is 52.5. The van der Waals surface area contributed by atoms with Gasteiger partial charge in [0.15, 0.2) is 24.2 Å². The lowest BCUT2D eigenvalue weighted by molar-refractivity contribution is 1.26. The topological polar surface area (TPSA) is 6.48 Å². The Balaban J connectivity index is 0.972. The van der Waals surface area contributed by atoms with E-state index in [1.165, 1.54) is 124 Å². The van der Waals surface area contributed by atoms with E-state index >= 15 is 0 Å². The highest BCUT2D eigenvalue weighted by molar-refractivity contribution is 7.23. The number of fused-ring (bicyclic) bond motifs is 10. The molecule has 0 aromatic heterocycles. The molecular weight excluding hydrogens is 1130 g/mol. The van der Waals surface area contributed by atoms with E-state index in [9.17, 15) is 0 Å². The number of rotatable bonds is 10. The van der Waals surface area contributed by atoms with Gasteiger partial charge in [0.05, 0.1) is 0 Å². The minimum Gasteiger partial charge on any atom is -0.311 e. The van der Waals surface area contributed by atoms with E-state index in [4.69, 9.17) is 0 Å². The molecule has 4 heterocycles. The van der Waals surface area contributed by atoms with Gasteiger partial charge in [-0.3, -0.25) is 0 Å². The van der Waals surface area contributed by atoms with Crippen LogP contribution in [0.25, 0.3) is 22.3 Å². The summed E-state index contributed by atoms with van der Waals surface area (Å²) >= 11 is 0. The number of nitrogens with zero attached hydrogens (tertiary/aromatic N) is 2. The molecule has 0 N–H and O–H groups in total. The average molecular weight is 1190 g/mol. The van der Waals surface area contributed by atoms with Crippen LogP contribution in [-0.2, 0) is 0 Å². The van der Waals surface area contributed by atoms with Crippen molar-refractivity contribution in [2.45, 2.75) is 0 Å². The van der Waals surface area contributed by atoms with Crippen molar-refractivity contribution in [2.75, 3.05) is 9.80 Å². The van der Waals surface area contributed by atoms with Crippen LogP contribution in [-0.4, -0.2) is 30.9 Å². The van der Waals surface area contributed by atoms with Gasteiger partial charge in [0.1, 0.15) is 0 Å².